The smallest absolute Gasteiger partial charge is 0.0320 e. The highest BCUT2D eigenvalue weighted by molar-refractivity contribution is 5.65. The van der Waals surface area contributed by atoms with Crippen LogP contribution in [0.25, 0.3) is 11.1 Å². The number of hydrogen-bond donors (Lipinski definition) is 1. The van der Waals surface area contributed by atoms with Gasteiger partial charge in [-0.2, -0.15) is 0 Å². The molecule has 1 saturated heterocycles. The molecule has 3 rings (SSSR count). The average molecular weight is 251 g/mol. The molecule has 1 aliphatic heterocycles. The second-order valence-electron chi connectivity index (χ2n) is 5.65. The minimum atomic E-state index is 0.563. The minimum absolute atomic E-state index is 0.563. The van der Waals surface area contributed by atoms with Gasteiger partial charge in [-0.3, -0.25) is 0 Å². The van der Waals surface area contributed by atoms with Gasteiger partial charge in [0.25, 0.3) is 0 Å². The number of rotatable bonds is 2. The monoisotopic (exact) mass is 251 g/mol. The molecule has 1 heterocycles. The van der Waals surface area contributed by atoms with Crippen molar-refractivity contribution in [1.29, 1.82) is 0 Å². The summed E-state index contributed by atoms with van der Waals surface area (Å²) in [6.07, 6.45) is 2.56. The Kier molecular flexibility index (Phi) is 3.39. The molecule has 1 unspecified atom stereocenters. The van der Waals surface area contributed by atoms with Crippen LogP contribution in [0.1, 0.15) is 35.6 Å². The Morgan fingerprint density at radius 3 is 2.16 bits per heavy atom. The molecule has 0 spiro atoms. The lowest BCUT2D eigenvalue weighted by Gasteiger charge is -2.12. The van der Waals surface area contributed by atoms with E-state index in [0.717, 1.165) is 6.54 Å². The zero-order chi connectivity index (χ0) is 13.2. The van der Waals surface area contributed by atoms with E-state index in [0.29, 0.717) is 6.04 Å². The lowest BCUT2D eigenvalue weighted by molar-refractivity contribution is 0.648. The predicted octanol–water partition coefficient (Wildman–Crippen LogP) is 4.39. The van der Waals surface area contributed by atoms with Crippen molar-refractivity contribution in [2.45, 2.75) is 32.7 Å². The van der Waals surface area contributed by atoms with Gasteiger partial charge in [-0.25, -0.2) is 0 Å². The standard InChI is InChI=1S/C18H21N/c1-13-10-14(2)12-17(11-13)15-5-7-16(8-6-15)18-4-3-9-19-18/h5-8,10-12,18-19H,3-4,9H2,1-2H3. The molecule has 2 aromatic carbocycles. The highest BCUT2D eigenvalue weighted by Gasteiger charge is 2.15. The highest BCUT2D eigenvalue weighted by atomic mass is 14.9. The number of benzene rings is 2. The Morgan fingerprint density at radius 1 is 0.895 bits per heavy atom. The first-order valence-electron chi connectivity index (χ1n) is 7.14. The van der Waals surface area contributed by atoms with Crippen molar-refractivity contribution in [3.63, 3.8) is 0 Å². The molecule has 19 heavy (non-hydrogen) atoms. The number of aryl methyl sites for hydroxylation is 2. The van der Waals surface area contributed by atoms with E-state index in [1.165, 1.54) is 40.7 Å². The summed E-state index contributed by atoms with van der Waals surface area (Å²) in [6.45, 7) is 5.48. The maximum absolute atomic E-state index is 3.55. The van der Waals surface area contributed by atoms with Crippen molar-refractivity contribution in [1.82, 2.24) is 5.32 Å². The summed E-state index contributed by atoms with van der Waals surface area (Å²) >= 11 is 0. The van der Waals surface area contributed by atoms with Crippen molar-refractivity contribution >= 4 is 0 Å². The van der Waals surface area contributed by atoms with E-state index in [4.69, 9.17) is 0 Å². The van der Waals surface area contributed by atoms with Gasteiger partial charge in [0.2, 0.25) is 0 Å². The number of hydrogen-bond acceptors (Lipinski definition) is 1. The first-order valence-corrected chi connectivity index (χ1v) is 7.14. The van der Waals surface area contributed by atoms with Gasteiger partial charge >= 0.3 is 0 Å². The van der Waals surface area contributed by atoms with Crippen LogP contribution >= 0.6 is 0 Å². The fourth-order valence-corrected chi connectivity index (χ4v) is 3.02. The minimum Gasteiger partial charge on any atom is -0.310 e. The molecule has 1 aliphatic rings. The van der Waals surface area contributed by atoms with E-state index in [1.54, 1.807) is 0 Å². The molecule has 0 aliphatic carbocycles. The molecule has 1 N–H and O–H groups in total. The molecule has 1 heteroatoms. The first-order chi connectivity index (χ1) is 9.22. The lowest BCUT2D eigenvalue weighted by atomic mass is 9.98. The third-order valence-corrected chi connectivity index (χ3v) is 3.93. The van der Waals surface area contributed by atoms with E-state index in [-0.39, 0.29) is 0 Å². The van der Waals surface area contributed by atoms with Crippen LogP contribution in [0, 0.1) is 13.8 Å². The highest BCUT2D eigenvalue weighted by Crippen LogP contribution is 2.27. The third kappa shape index (κ3) is 2.71. The van der Waals surface area contributed by atoms with Gasteiger partial charge in [0, 0.05) is 6.04 Å². The van der Waals surface area contributed by atoms with Gasteiger partial charge in [0.1, 0.15) is 0 Å². The van der Waals surface area contributed by atoms with E-state index in [9.17, 15) is 0 Å². The molecule has 2 aromatic rings. The quantitative estimate of drug-likeness (QED) is 0.834. The first kappa shape index (κ1) is 12.4. The van der Waals surface area contributed by atoms with Crippen molar-refractivity contribution < 1.29 is 0 Å². The van der Waals surface area contributed by atoms with Crippen LogP contribution in [-0.2, 0) is 0 Å². The zero-order valence-electron chi connectivity index (χ0n) is 11.7. The van der Waals surface area contributed by atoms with Crippen molar-refractivity contribution in [2.75, 3.05) is 6.54 Å². The van der Waals surface area contributed by atoms with E-state index < -0.39 is 0 Å². The Morgan fingerprint density at radius 2 is 1.58 bits per heavy atom. The summed E-state index contributed by atoms with van der Waals surface area (Å²) in [5.41, 5.74) is 6.72. The van der Waals surface area contributed by atoms with E-state index in [1.807, 2.05) is 0 Å². The number of nitrogens with one attached hydrogen (secondary N) is 1. The molecule has 0 saturated carbocycles. The van der Waals surface area contributed by atoms with Crippen molar-refractivity contribution in [3.05, 3.63) is 59.2 Å². The van der Waals surface area contributed by atoms with Crippen LogP contribution in [0.3, 0.4) is 0 Å². The van der Waals surface area contributed by atoms with Crippen molar-refractivity contribution in [3.8, 4) is 11.1 Å². The summed E-state index contributed by atoms with van der Waals surface area (Å²) < 4.78 is 0. The molecule has 0 radical (unpaired) electrons. The maximum atomic E-state index is 3.55. The summed E-state index contributed by atoms with van der Waals surface area (Å²) in [7, 11) is 0. The van der Waals surface area contributed by atoms with Crippen LogP contribution in [0.4, 0.5) is 0 Å². The molecule has 0 aromatic heterocycles. The molecular formula is C18H21N. The second-order valence-corrected chi connectivity index (χ2v) is 5.65. The fraction of sp³-hybridized carbons (Fsp3) is 0.333. The van der Waals surface area contributed by atoms with Gasteiger partial charge in [-0.1, -0.05) is 53.6 Å². The SMILES string of the molecule is Cc1cc(C)cc(-c2ccc(C3CCCN3)cc2)c1. The maximum Gasteiger partial charge on any atom is 0.0320 e. The van der Waals surface area contributed by atoms with Crippen LogP contribution in [0.2, 0.25) is 0 Å². The Balaban J connectivity index is 1.89. The summed E-state index contributed by atoms with van der Waals surface area (Å²) in [5.74, 6) is 0. The lowest BCUT2D eigenvalue weighted by Crippen LogP contribution is -2.12. The average Bonchev–Trinajstić information content (AvgIpc) is 2.91. The van der Waals surface area contributed by atoms with Gasteiger partial charge < -0.3 is 5.32 Å². The third-order valence-electron chi connectivity index (χ3n) is 3.93. The Hall–Kier alpha value is -1.60. The molecule has 98 valence electrons. The van der Waals surface area contributed by atoms with Crippen molar-refractivity contribution in [2.24, 2.45) is 0 Å². The van der Waals surface area contributed by atoms with Gasteiger partial charge in [-0.05, 0) is 49.9 Å². The molecule has 1 atom stereocenters. The Bertz CT molecular complexity index is 542. The van der Waals surface area contributed by atoms with Crippen LogP contribution in [-0.4, -0.2) is 6.54 Å². The normalized spacial score (nSPS) is 18.7. The van der Waals surface area contributed by atoms with Crippen LogP contribution in [0.15, 0.2) is 42.5 Å². The molecule has 0 amide bonds. The van der Waals surface area contributed by atoms with Crippen LogP contribution < -0.4 is 5.32 Å². The predicted molar refractivity (Wildman–Crippen MR) is 81.3 cm³/mol. The van der Waals surface area contributed by atoms with Crippen LogP contribution in [0.5, 0.6) is 0 Å². The molecular weight excluding hydrogens is 230 g/mol. The molecule has 1 nitrogen and oxygen atoms in total. The van der Waals surface area contributed by atoms with Gasteiger partial charge in [-0.15, -0.1) is 0 Å². The summed E-state index contributed by atoms with van der Waals surface area (Å²) in [5, 5.41) is 3.55. The summed E-state index contributed by atoms with van der Waals surface area (Å²) in [4.78, 5) is 0. The Labute approximate surface area is 115 Å². The largest absolute Gasteiger partial charge is 0.310 e. The van der Waals surface area contributed by atoms with Gasteiger partial charge in [0.05, 0.1) is 0 Å². The zero-order valence-corrected chi connectivity index (χ0v) is 11.7. The topological polar surface area (TPSA) is 12.0 Å². The second kappa shape index (κ2) is 5.18. The van der Waals surface area contributed by atoms with E-state index >= 15 is 0 Å². The molecule has 0 bridgehead atoms. The summed E-state index contributed by atoms with van der Waals surface area (Å²) in [6, 6.07) is 16.4. The molecule has 1 fully saturated rings. The fourth-order valence-electron chi connectivity index (χ4n) is 3.02. The van der Waals surface area contributed by atoms with Gasteiger partial charge in [0.15, 0.2) is 0 Å². The van der Waals surface area contributed by atoms with E-state index in [2.05, 4.69) is 61.6 Å².